The Balaban J connectivity index is 1.63. The molecule has 1 fully saturated rings. The lowest BCUT2D eigenvalue weighted by molar-refractivity contribution is 0.0235. The molecule has 0 radical (unpaired) electrons. The Morgan fingerprint density at radius 3 is 3.00 bits per heavy atom. The number of thiazole rings is 1. The Labute approximate surface area is 147 Å². The van der Waals surface area contributed by atoms with Crippen LogP contribution in [0.2, 0.25) is 0 Å². The number of carbonyl (C=O) groups excluding carboxylic acids is 1. The van der Waals surface area contributed by atoms with Crippen LogP contribution in [-0.4, -0.2) is 40.7 Å². The molecule has 2 aromatic rings. The molecule has 1 N–H and O–H groups in total. The number of fused-ring (bicyclic) bond motifs is 1. The van der Waals surface area contributed by atoms with Crippen molar-refractivity contribution in [2.75, 3.05) is 18.4 Å². The Hall–Kier alpha value is -1.82. The van der Waals surface area contributed by atoms with Crippen molar-refractivity contribution in [2.24, 2.45) is 0 Å². The lowest BCUT2D eigenvalue weighted by atomic mass is 10.2. The van der Waals surface area contributed by atoms with Crippen molar-refractivity contribution in [3.63, 3.8) is 0 Å². The summed E-state index contributed by atoms with van der Waals surface area (Å²) in [4.78, 5) is 18.8. The topological polar surface area (TPSA) is 54.5 Å². The number of rotatable bonds is 3. The van der Waals surface area contributed by atoms with E-state index in [1.807, 2.05) is 25.7 Å². The first kappa shape index (κ1) is 17.0. The number of nitrogens with one attached hydrogen (secondary N) is 1. The maximum Gasteiger partial charge on any atom is 0.410 e. The van der Waals surface area contributed by atoms with Crippen LogP contribution in [-0.2, 0) is 4.74 Å². The number of carbonyl (C=O) groups is 1. The van der Waals surface area contributed by atoms with Gasteiger partial charge >= 0.3 is 6.09 Å². The van der Waals surface area contributed by atoms with Gasteiger partial charge in [-0.2, -0.15) is 0 Å². The van der Waals surface area contributed by atoms with Gasteiger partial charge in [0.05, 0.1) is 16.3 Å². The van der Waals surface area contributed by atoms with Crippen LogP contribution >= 0.6 is 11.3 Å². The van der Waals surface area contributed by atoms with Gasteiger partial charge in [-0.1, -0.05) is 17.4 Å². The van der Waals surface area contributed by atoms with Gasteiger partial charge in [-0.25, -0.2) is 9.78 Å². The number of hydrogen-bond donors (Lipinski definition) is 1. The molecule has 0 bridgehead atoms. The first-order valence-corrected chi connectivity index (χ1v) is 9.24. The quantitative estimate of drug-likeness (QED) is 0.893. The molecule has 1 aromatic carbocycles. The second-order valence-corrected chi connectivity index (χ2v) is 8.37. The first-order valence-electron chi connectivity index (χ1n) is 8.42. The van der Waals surface area contributed by atoms with Gasteiger partial charge in [-0.15, -0.1) is 0 Å². The molecule has 1 aliphatic rings. The van der Waals surface area contributed by atoms with Crippen LogP contribution in [0.5, 0.6) is 0 Å². The van der Waals surface area contributed by atoms with Gasteiger partial charge in [-0.05, 0) is 58.2 Å². The van der Waals surface area contributed by atoms with E-state index in [0.717, 1.165) is 30.0 Å². The average molecular weight is 347 g/mol. The number of aryl methyl sites for hydroxylation is 1. The monoisotopic (exact) mass is 347 g/mol. The van der Waals surface area contributed by atoms with Gasteiger partial charge in [0.2, 0.25) is 0 Å². The molecule has 1 aromatic heterocycles. The third-order valence-electron chi connectivity index (χ3n) is 4.04. The fraction of sp³-hybridized carbons (Fsp3) is 0.556. The molecule has 130 valence electrons. The van der Waals surface area contributed by atoms with Gasteiger partial charge in [0.1, 0.15) is 5.60 Å². The zero-order chi connectivity index (χ0) is 17.3. The number of benzene rings is 1. The highest BCUT2D eigenvalue weighted by Gasteiger charge is 2.32. The summed E-state index contributed by atoms with van der Waals surface area (Å²) in [7, 11) is 0. The van der Waals surface area contributed by atoms with E-state index in [1.54, 1.807) is 11.3 Å². The maximum absolute atomic E-state index is 12.3. The summed E-state index contributed by atoms with van der Waals surface area (Å²) in [6, 6.07) is 6.44. The van der Waals surface area contributed by atoms with Crippen molar-refractivity contribution in [1.82, 2.24) is 9.88 Å². The summed E-state index contributed by atoms with van der Waals surface area (Å²) in [5, 5.41) is 4.31. The van der Waals surface area contributed by atoms with E-state index in [9.17, 15) is 4.79 Å². The number of likely N-dealkylation sites (tertiary alicyclic amines) is 1. The Bertz CT molecular complexity index is 735. The lowest BCUT2D eigenvalue weighted by Gasteiger charge is -2.28. The van der Waals surface area contributed by atoms with E-state index in [4.69, 9.17) is 4.74 Å². The number of hydrogen-bond acceptors (Lipinski definition) is 5. The Morgan fingerprint density at radius 2 is 2.25 bits per heavy atom. The molecular weight excluding hydrogens is 322 g/mol. The van der Waals surface area contributed by atoms with Crippen molar-refractivity contribution in [1.29, 1.82) is 0 Å². The lowest BCUT2D eigenvalue weighted by Crippen LogP contribution is -2.42. The van der Waals surface area contributed by atoms with E-state index in [2.05, 4.69) is 35.4 Å². The molecule has 6 heteroatoms. The van der Waals surface area contributed by atoms with Crippen molar-refractivity contribution >= 4 is 32.8 Å². The molecule has 1 amide bonds. The van der Waals surface area contributed by atoms with Crippen LogP contribution in [0.4, 0.5) is 9.93 Å². The van der Waals surface area contributed by atoms with Crippen LogP contribution < -0.4 is 5.32 Å². The molecule has 24 heavy (non-hydrogen) atoms. The van der Waals surface area contributed by atoms with Crippen molar-refractivity contribution in [3.8, 4) is 0 Å². The van der Waals surface area contributed by atoms with Crippen LogP contribution in [0.25, 0.3) is 10.2 Å². The Morgan fingerprint density at radius 1 is 1.46 bits per heavy atom. The molecule has 1 saturated heterocycles. The molecule has 0 saturated carbocycles. The van der Waals surface area contributed by atoms with E-state index < -0.39 is 5.60 Å². The van der Waals surface area contributed by atoms with Gasteiger partial charge in [0.25, 0.3) is 0 Å². The second kappa shape index (κ2) is 6.59. The molecule has 0 unspecified atom stereocenters. The molecular formula is C18H25N3O2S. The van der Waals surface area contributed by atoms with Crippen LogP contribution in [0.1, 0.15) is 39.2 Å². The minimum absolute atomic E-state index is 0.161. The number of aromatic nitrogens is 1. The average Bonchev–Trinajstić information content (AvgIpc) is 3.08. The van der Waals surface area contributed by atoms with E-state index >= 15 is 0 Å². The van der Waals surface area contributed by atoms with Gasteiger partial charge in [-0.3, -0.25) is 0 Å². The standard InChI is InChI=1S/C18H25N3O2S/c1-12-7-8-14-15(10-12)24-16(20-14)19-11-13-6-5-9-21(13)17(22)23-18(2,3)4/h7-8,10,13H,5-6,9,11H2,1-4H3,(H,19,20)/t13-/m0/s1. The fourth-order valence-corrected chi connectivity index (χ4v) is 3.89. The summed E-state index contributed by atoms with van der Waals surface area (Å²) in [6.45, 7) is 9.26. The summed E-state index contributed by atoms with van der Waals surface area (Å²) in [5.74, 6) is 0. The van der Waals surface area contributed by atoms with Crippen molar-refractivity contribution in [2.45, 2.75) is 52.2 Å². The van der Waals surface area contributed by atoms with Gasteiger partial charge < -0.3 is 15.0 Å². The summed E-state index contributed by atoms with van der Waals surface area (Å²) < 4.78 is 6.70. The van der Waals surface area contributed by atoms with E-state index in [1.165, 1.54) is 10.3 Å². The van der Waals surface area contributed by atoms with Gasteiger partial charge in [0.15, 0.2) is 5.13 Å². The normalized spacial score (nSPS) is 18.2. The maximum atomic E-state index is 12.3. The van der Waals surface area contributed by atoms with E-state index in [0.29, 0.717) is 6.54 Å². The van der Waals surface area contributed by atoms with Crippen LogP contribution in [0.3, 0.4) is 0 Å². The Kier molecular flexibility index (Phi) is 4.67. The number of nitrogens with zero attached hydrogens (tertiary/aromatic N) is 2. The number of anilines is 1. The first-order chi connectivity index (χ1) is 11.3. The SMILES string of the molecule is Cc1ccc2nc(NC[C@@H]3CCCN3C(=O)OC(C)(C)C)sc2c1. The molecule has 1 atom stereocenters. The zero-order valence-electron chi connectivity index (χ0n) is 14.8. The minimum Gasteiger partial charge on any atom is -0.444 e. The zero-order valence-corrected chi connectivity index (χ0v) is 15.6. The number of ether oxygens (including phenoxy) is 1. The highest BCUT2D eigenvalue weighted by Crippen LogP contribution is 2.27. The highest BCUT2D eigenvalue weighted by atomic mass is 32.1. The minimum atomic E-state index is -0.456. The summed E-state index contributed by atoms with van der Waals surface area (Å²) in [5.41, 5.74) is 1.80. The van der Waals surface area contributed by atoms with Crippen molar-refractivity contribution in [3.05, 3.63) is 23.8 Å². The van der Waals surface area contributed by atoms with Crippen molar-refractivity contribution < 1.29 is 9.53 Å². The number of amides is 1. The fourth-order valence-electron chi connectivity index (χ4n) is 2.92. The second-order valence-electron chi connectivity index (χ2n) is 7.34. The van der Waals surface area contributed by atoms with E-state index in [-0.39, 0.29) is 12.1 Å². The van der Waals surface area contributed by atoms with Crippen LogP contribution in [0.15, 0.2) is 18.2 Å². The summed E-state index contributed by atoms with van der Waals surface area (Å²) >= 11 is 1.66. The molecule has 2 heterocycles. The third-order valence-corrected chi connectivity index (χ3v) is 5.01. The van der Waals surface area contributed by atoms with Crippen LogP contribution in [0, 0.1) is 6.92 Å². The molecule has 3 rings (SSSR count). The predicted octanol–water partition coefficient (Wildman–Crippen LogP) is 4.42. The predicted molar refractivity (Wildman–Crippen MR) is 98.8 cm³/mol. The molecule has 0 spiro atoms. The largest absolute Gasteiger partial charge is 0.444 e. The molecule has 0 aliphatic carbocycles. The van der Waals surface area contributed by atoms with Gasteiger partial charge in [0, 0.05) is 13.1 Å². The molecule has 5 nitrogen and oxygen atoms in total. The third kappa shape index (κ3) is 3.98. The summed E-state index contributed by atoms with van der Waals surface area (Å²) in [6.07, 6.45) is 1.80. The smallest absolute Gasteiger partial charge is 0.410 e. The molecule has 1 aliphatic heterocycles. The highest BCUT2D eigenvalue weighted by molar-refractivity contribution is 7.22.